The third-order valence-electron chi connectivity index (χ3n) is 4.15. The second kappa shape index (κ2) is 5.35. The molecule has 1 amide bonds. The molecule has 1 aromatic carbocycles. The zero-order chi connectivity index (χ0) is 15.8. The van der Waals surface area contributed by atoms with Crippen LogP contribution in [0.25, 0.3) is 11.4 Å². The van der Waals surface area contributed by atoms with E-state index in [-0.39, 0.29) is 11.9 Å². The number of H-pyrrole nitrogens is 1. The Bertz CT molecular complexity index is 824. The Labute approximate surface area is 133 Å². The Morgan fingerprint density at radius 2 is 2.09 bits per heavy atom. The molecule has 7 heteroatoms. The van der Waals surface area contributed by atoms with Crippen LogP contribution in [0.15, 0.2) is 42.7 Å². The van der Waals surface area contributed by atoms with E-state index in [0.717, 1.165) is 17.0 Å². The highest BCUT2D eigenvalue weighted by atomic mass is 16.2. The molecule has 0 aliphatic carbocycles. The van der Waals surface area contributed by atoms with Gasteiger partial charge in [-0.15, -0.1) is 10.2 Å². The number of carbonyl (C=O) groups is 1. The van der Waals surface area contributed by atoms with Gasteiger partial charge < -0.3 is 4.90 Å². The van der Waals surface area contributed by atoms with Crippen molar-refractivity contribution in [3.63, 3.8) is 0 Å². The van der Waals surface area contributed by atoms with Crippen molar-refractivity contribution in [1.82, 2.24) is 29.9 Å². The summed E-state index contributed by atoms with van der Waals surface area (Å²) in [6, 6.07) is 9.66. The number of hydrogen-bond donors (Lipinski definition) is 1. The maximum atomic E-state index is 12.7. The molecule has 1 aliphatic rings. The molecule has 2 aromatic heterocycles. The molecule has 0 saturated heterocycles. The van der Waals surface area contributed by atoms with Crippen LogP contribution in [0.5, 0.6) is 0 Å². The van der Waals surface area contributed by atoms with Crippen molar-refractivity contribution in [2.45, 2.75) is 19.0 Å². The highest BCUT2D eigenvalue weighted by molar-refractivity contribution is 5.82. The van der Waals surface area contributed by atoms with Crippen molar-refractivity contribution >= 4 is 5.91 Å². The zero-order valence-electron chi connectivity index (χ0n) is 12.7. The summed E-state index contributed by atoms with van der Waals surface area (Å²) in [7, 11) is 1.80. The SMILES string of the molecule is CN1Cc2nnc(-c3cn[nH]c3)n2[C@@H](Cc2ccccc2)C1=O. The molecule has 1 aliphatic heterocycles. The molecule has 0 saturated carbocycles. The van der Waals surface area contributed by atoms with Gasteiger partial charge >= 0.3 is 0 Å². The van der Waals surface area contributed by atoms with Crippen LogP contribution < -0.4 is 0 Å². The van der Waals surface area contributed by atoms with E-state index >= 15 is 0 Å². The van der Waals surface area contributed by atoms with E-state index in [0.29, 0.717) is 18.8 Å². The van der Waals surface area contributed by atoms with E-state index in [1.54, 1.807) is 24.3 Å². The molecule has 1 N–H and O–H groups in total. The van der Waals surface area contributed by atoms with E-state index in [9.17, 15) is 4.79 Å². The van der Waals surface area contributed by atoms with Gasteiger partial charge in [-0.05, 0) is 5.56 Å². The summed E-state index contributed by atoms with van der Waals surface area (Å²) in [6.45, 7) is 0.467. The van der Waals surface area contributed by atoms with Gasteiger partial charge in [0.2, 0.25) is 5.91 Å². The zero-order valence-corrected chi connectivity index (χ0v) is 12.7. The fourth-order valence-electron chi connectivity index (χ4n) is 3.00. The predicted octanol–water partition coefficient (Wildman–Crippen LogP) is 1.42. The average Bonchev–Trinajstić information content (AvgIpc) is 3.21. The first-order chi connectivity index (χ1) is 11.2. The molecule has 0 unspecified atom stereocenters. The Kier molecular flexibility index (Phi) is 3.18. The topological polar surface area (TPSA) is 79.7 Å². The summed E-state index contributed by atoms with van der Waals surface area (Å²) in [6.07, 6.45) is 4.07. The number of nitrogens with zero attached hydrogens (tertiary/aromatic N) is 5. The number of hydrogen-bond acceptors (Lipinski definition) is 4. The van der Waals surface area contributed by atoms with Crippen molar-refractivity contribution < 1.29 is 4.79 Å². The Morgan fingerprint density at radius 3 is 2.83 bits per heavy atom. The van der Waals surface area contributed by atoms with Crippen LogP contribution in [0.2, 0.25) is 0 Å². The number of nitrogens with one attached hydrogen (secondary N) is 1. The minimum Gasteiger partial charge on any atom is -0.336 e. The Hall–Kier alpha value is -2.96. The highest BCUT2D eigenvalue weighted by Gasteiger charge is 2.34. The van der Waals surface area contributed by atoms with Crippen molar-refractivity contribution in [2.75, 3.05) is 7.05 Å². The summed E-state index contributed by atoms with van der Waals surface area (Å²) < 4.78 is 1.94. The quantitative estimate of drug-likeness (QED) is 0.793. The first-order valence-corrected chi connectivity index (χ1v) is 7.46. The number of rotatable bonds is 3. The van der Waals surface area contributed by atoms with Crippen LogP contribution in [0, 0.1) is 0 Å². The third kappa shape index (κ3) is 2.30. The van der Waals surface area contributed by atoms with Crippen molar-refractivity contribution in [3.8, 4) is 11.4 Å². The van der Waals surface area contributed by atoms with Gasteiger partial charge in [0.15, 0.2) is 11.6 Å². The lowest BCUT2D eigenvalue weighted by molar-refractivity contribution is -0.135. The minimum absolute atomic E-state index is 0.0749. The number of aromatic nitrogens is 5. The number of amides is 1. The first-order valence-electron chi connectivity index (χ1n) is 7.46. The van der Waals surface area contributed by atoms with Gasteiger partial charge in [0.1, 0.15) is 6.04 Å². The monoisotopic (exact) mass is 308 g/mol. The maximum Gasteiger partial charge on any atom is 0.246 e. The fourth-order valence-corrected chi connectivity index (χ4v) is 3.00. The molecule has 23 heavy (non-hydrogen) atoms. The molecule has 3 heterocycles. The molecule has 0 radical (unpaired) electrons. The molecular formula is C16H16N6O. The minimum atomic E-state index is -0.342. The fraction of sp³-hybridized carbons (Fsp3) is 0.250. The summed E-state index contributed by atoms with van der Waals surface area (Å²) >= 11 is 0. The smallest absolute Gasteiger partial charge is 0.246 e. The summed E-state index contributed by atoms with van der Waals surface area (Å²) in [4.78, 5) is 14.4. The Morgan fingerprint density at radius 1 is 1.26 bits per heavy atom. The average molecular weight is 308 g/mol. The first kappa shape index (κ1) is 13.7. The number of likely N-dealkylation sites (N-methyl/N-ethyl adjacent to an activating group) is 1. The van der Waals surface area contributed by atoms with Crippen LogP contribution in [-0.4, -0.2) is 42.8 Å². The summed E-state index contributed by atoms with van der Waals surface area (Å²) in [5.74, 6) is 1.55. The molecule has 1 atom stereocenters. The van der Waals surface area contributed by atoms with Gasteiger partial charge in [-0.3, -0.25) is 14.5 Å². The second-order valence-corrected chi connectivity index (χ2v) is 5.70. The molecule has 3 aromatic rings. The van der Waals surface area contributed by atoms with Crippen LogP contribution in [0.4, 0.5) is 0 Å². The number of aromatic amines is 1. The molecule has 116 valence electrons. The lowest BCUT2D eigenvalue weighted by Crippen LogP contribution is -2.41. The van der Waals surface area contributed by atoms with Gasteiger partial charge in [-0.25, -0.2) is 0 Å². The van der Waals surface area contributed by atoms with Crippen molar-refractivity contribution in [1.29, 1.82) is 0 Å². The molecule has 0 spiro atoms. The maximum absolute atomic E-state index is 12.7. The van der Waals surface area contributed by atoms with Gasteiger partial charge in [-0.2, -0.15) is 5.10 Å². The van der Waals surface area contributed by atoms with Crippen LogP contribution in [0.1, 0.15) is 17.4 Å². The normalized spacial score (nSPS) is 17.3. The molecular weight excluding hydrogens is 292 g/mol. The van der Waals surface area contributed by atoms with E-state index < -0.39 is 0 Å². The van der Waals surface area contributed by atoms with Gasteiger partial charge in [0.25, 0.3) is 0 Å². The largest absolute Gasteiger partial charge is 0.336 e. The molecule has 7 nitrogen and oxygen atoms in total. The Balaban J connectivity index is 1.80. The van der Waals surface area contributed by atoms with Gasteiger partial charge in [0, 0.05) is 19.7 Å². The van der Waals surface area contributed by atoms with Crippen molar-refractivity contribution in [2.24, 2.45) is 0 Å². The van der Waals surface area contributed by atoms with Crippen molar-refractivity contribution in [3.05, 3.63) is 54.1 Å². The lowest BCUT2D eigenvalue weighted by Gasteiger charge is -2.31. The predicted molar refractivity (Wildman–Crippen MR) is 83.3 cm³/mol. The summed E-state index contributed by atoms with van der Waals surface area (Å²) in [5, 5.41) is 15.3. The van der Waals surface area contributed by atoms with Crippen LogP contribution in [-0.2, 0) is 17.8 Å². The summed E-state index contributed by atoms with van der Waals surface area (Å²) in [5.41, 5.74) is 1.94. The third-order valence-corrected chi connectivity index (χ3v) is 4.15. The molecule has 4 rings (SSSR count). The van der Waals surface area contributed by atoms with Crippen LogP contribution in [0.3, 0.4) is 0 Å². The molecule has 0 fully saturated rings. The lowest BCUT2D eigenvalue weighted by atomic mass is 10.0. The number of fused-ring (bicyclic) bond motifs is 1. The van der Waals surface area contributed by atoms with E-state index in [4.69, 9.17) is 0 Å². The standard InChI is InChI=1S/C16H16N6O/c1-21-10-14-19-20-15(12-8-17-18-9-12)22(14)13(16(21)23)7-11-5-3-2-4-6-11/h2-6,8-9,13H,7,10H2,1H3,(H,17,18)/t13-/m0/s1. The van der Waals surface area contributed by atoms with E-state index in [1.807, 2.05) is 34.9 Å². The molecule has 0 bridgehead atoms. The van der Waals surface area contributed by atoms with Gasteiger partial charge in [-0.1, -0.05) is 30.3 Å². The second-order valence-electron chi connectivity index (χ2n) is 5.70. The number of carbonyl (C=O) groups excluding carboxylic acids is 1. The van der Waals surface area contributed by atoms with Crippen LogP contribution >= 0.6 is 0 Å². The van der Waals surface area contributed by atoms with E-state index in [2.05, 4.69) is 20.4 Å². The van der Waals surface area contributed by atoms with E-state index in [1.165, 1.54) is 0 Å². The van der Waals surface area contributed by atoms with Gasteiger partial charge in [0.05, 0.1) is 18.3 Å². The highest BCUT2D eigenvalue weighted by Crippen LogP contribution is 2.29. The number of benzene rings is 1.